The van der Waals surface area contributed by atoms with Crippen molar-refractivity contribution in [3.8, 4) is 0 Å². The Bertz CT molecular complexity index is 520. The number of hydrogen-bond acceptors (Lipinski definition) is 3. The van der Waals surface area contributed by atoms with E-state index in [-0.39, 0.29) is 0 Å². The first-order valence-electron chi connectivity index (χ1n) is 7.24. The largest absolute Gasteiger partial charge is 0.374 e. The zero-order valence-corrected chi connectivity index (χ0v) is 13.5. The maximum absolute atomic E-state index is 3.39. The number of likely N-dealkylation sites (N-methyl/N-ethyl adjacent to an activating group) is 1. The summed E-state index contributed by atoms with van der Waals surface area (Å²) in [5, 5.41) is 5.53. The number of anilines is 1. The summed E-state index contributed by atoms with van der Waals surface area (Å²) in [6.45, 7) is 7.38. The number of nitrogens with one attached hydrogen (secondary N) is 1. The zero-order chi connectivity index (χ0) is 14.4. The number of nitrogens with zero attached hydrogens (tertiary/aromatic N) is 1. The van der Waals surface area contributed by atoms with Crippen LogP contribution in [0.2, 0.25) is 0 Å². The van der Waals surface area contributed by atoms with Crippen LogP contribution in [0.3, 0.4) is 0 Å². The van der Waals surface area contributed by atoms with Crippen LogP contribution in [0.5, 0.6) is 0 Å². The average Bonchev–Trinajstić information content (AvgIpc) is 2.96. The lowest BCUT2D eigenvalue weighted by molar-refractivity contribution is 0.723. The topological polar surface area (TPSA) is 15.3 Å². The molecule has 20 heavy (non-hydrogen) atoms. The summed E-state index contributed by atoms with van der Waals surface area (Å²) < 4.78 is 0. The van der Waals surface area contributed by atoms with Crippen molar-refractivity contribution < 1.29 is 0 Å². The molecule has 0 radical (unpaired) electrons. The summed E-state index contributed by atoms with van der Waals surface area (Å²) in [7, 11) is 2.17. The fourth-order valence-electron chi connectivity index (χ4n) is 2.24. The number of aryl methyl sites for hydroxylation is 1. The molecule has 108 valence electrons. The van der Waals surface area contributed by atoms with Crippen molar-refractivity contribution in [3.63, 3.8) is 0 Å². The number of thiophene rings is 1. The van der Waals surface area contributed by atoms with E-state index in [9.17, 15) is 0 Å². The molecule has 0 aliphatic heterocycles. The third kappa shape index (κ3) is 4.09. The maximum Gasteiger partial charge on any atom is 0.0366 e. The predicted molar refractivity (Wildman–Crippen MR) is 89.9 cm³/mol. The van der Waals surface area contributed by atoms with Gasteiger partial charge in [0.2, 0.25) is 0 Å². The van der Waals surface area contributed by atoms with Gasteiger partial charge in [-0.25, -0.2) is 0 Å². The number of hydrogen-bond donors (Lipinski definition) is 1. The molecule has 2 rings (SSSR count). The summed E-state index contributed by atoms with van der Waals surface area (Å²) in [5.41, 5.74) is 4.06. The quantitative estimate of drug-likeness (QED) is 0.832. The Kier molecular flexibility index (Phi) is 5.62. The molecule has 3 heteroatoms. The van der Waals surface area contributed by atoms with Crippen LogP contribution in [0.15, 0.2) is 35.7 Å². The van der Waals surface area contributed by atoms with Gasteiger partial charge in [-0.1, -0.05) is 19.1 Å². The second-order valence-electron chi connectivity index (χ2n) is 5.14. The molecule has 0 spiro atoms. The molecule has 1 N–H and O–H groups in total. The van der Waals surface area contributed by atoms with Gasteiger partial charge in [-0.15, -0.1) is 11.3 Å². The molecular formula is C17H24N2S. The van der Waals surface area contributed by atoms with E-state index < -0.39 is 0 Å². The third-order valence-corrected chi connectivity index (χ3v) is 4.54. The van der Waals surface area contributed by atoms with Crippen LogP contribution in [-0.4, -0.2) is 20.1 Å². The Morgan fingerprint density at radius 2 is 2.10 bits per heavy atom. The Labute approximate surface area is 126 Å². The molecule has 1 aromatic heterocycles. The van der Waals surface area contributed by atoms with Crippen molar-refractivity contribution >= 4 is 17.0 Å². The number of rotatable bonds is 7. The average molecular weight is 288 g/mol. The minimum atomic E-state index is 0.960. The second-order valence-corrected chi connectivity index (χ2v) is 6.17. The highest BCUT2D eigenvalue weighted by Gasteiger charge is 2.05. The maximum atomic E-state index is 3.39. The molecule has 0 aliphatic rings. The van der Waals surface area contributed by atoms with Gasteiger partial charge in [-0.2, -0.15) is 0 Å². The fraction of sp³-hybridized carbons (Fsp3) is 0.412. The zero-order valence-electron chi connectivity index (χ0n) is 12.6. The van der Waals surface area contributed by atoms with Crippen LogP contribution in [0.4, 0.5) is 5.69 Å². The summed E-state index contributed by atoms with van der Waals surface area (Å²) in [6.07, 6.45) is 1.12. The van der Waals surface area contributed by atoms with Crippen LogP contribution < -0.4 is 10.2 Å². The highest BCUT2D eigenvalue weighted by atomic mass is 32.1. The molecule has 0 fully saturated rings. The van der Waals surface area contributed by atoms with Gasteiger partial charge in [0.15, 0.2) is 0 Å². The molecule has 0 unspecified atom stereocenters. The van der Waals surface area contributed by atoms with Crippen molar-refractivity contribution in [1.82, 2.24) is 5.32 Å². The summed E-state index contributed by atoms with van der Waals surface area (Å²) in [5.74, 6) is 0. The number of benzene rings is 1. The van der Waals surface area contributed by atoms with Gasteiger partial charge in [0.05, 0.1) is 0 Å². The van der Waals surface area contributed by atoms with E-state index >= 15 is 0 Å². The van der Waals surface area contributed by atoms with Crippen molar-refractivity contribution in [2.45, 2.75) is 26.8 Å². The van der Waals surface area contributed by atoms with Gasteiger partial charge in [0.1, 0.15) is 0 Å². The van der Waals surface area contributed by atoms with E-state index in [0.29, 0.717) is 0 Å². The van der Waals surface area contributed by atoms with E-state index in [0.717, 1.165) is 26.1 Å². The van der Waals surface area contributed by atoms with Crippen molar-refractivity contribution in [1.29, 1.82) is 0 Å². The molecule has 0 aliphatic carbocycles. The van der Waals surface area contributed by atoms with E-state index in [2.05, 4.69) is 66.8 Å². The van der Waals surface area contributed by atoms with E-state index in [1.165, 1.54) is 21.7 Å². The summed E-state index contributed by atoms with van der Waals surface area (Å²) in [4.78, 5) is 3.79. The molecule has 0 amide bonds. The Morgan fingerprint density at radius 1 is 1.25 bits per heavy atom. The third-order valence-electron chi connectivity index (χ3n) is 3.61. The standard InChI is InChI=1S/C17H24N2S/c1-4-18-13-15-7-8-16(12-14(15)2)19(3)10-9-17-6-5-11-20-17/h5-8,11-12,18H,4,9-10,13H2,1-3H3. The highest BCUT2D eigenvalue weighted by Crippen LogP contribution is 2.19. The molecule has 0 atom stereocenters. The van der Waals surface area contributed by atoms with Gasteiger partial charge in [-0.3, -0.25) is 0 Å². The summed E-state index contributed by atoms with van der Waals surface area (Å²) in [6, 6.07) is 11.1. The lowest BCUT2D eigenvalue weighted by Crippen LogP contribution is -2.20. The molecule has 1 aromatic carbocycles. The first-order valence-corrected chi connectivity index (χ1v) is 8.12. The van der Waals surface area contributed by atoms with Crippen LogP contribution >= 0.6 is 11.3 Å². The molecule has 0 saturated carbocycles. The van der Waals surface area contributed by atoms with E-state index in [1.807, 2.05) is 11.3 Å². The monoisotopic (exact) mass is 288 g/mol. The first kappa shape index (κ1) is 15.1. The van der Waals surface area contributed by atoms with Crippen molar-refractivity contribution in [2.75, 3.05) is 25.0 Å². The molecule has 1 heterocycles. The SMILES string of the molecule is CCNCc1ccc(N(C)CCc2cccs2)cc1C. The Balaban J connectivity index is 1.95. The van der Waals surface area contributed by atoms with Crippen LogP contribution in [-0.2, 0) is 13.0 Å². The first-order chi connectivity index (χ1) is 9.70. The minimum Gasteiger partial charge on any atom is -0.374 e. The Morgan fingerprint density at radius 3 is 2.75 bits per heavy atom. The molecular weight excluding hydrogens is 264 g/mol. The predicted octanol–water partition coefficient (Wildman–Crippen LogP) is 3.84. The minimum absolute atomic E-state index is 0.960. The molecule has 0 saturated heterocycles. The van der Waals surface area contributed by atoms with Gasteiger partial charge >= 0.3 is 0 Å². The lowest BCUT2D eigenvalue weighted by Gasteiger charge is -2.20. The fourth-order valence-corrected chi connectivity index (χ4v) is 2.94. The molecule has 2 aromatic rings. The van der Waals surface area contributed by atoms with Crippen molar-refractivity contribution in [3.05, 3.63) is 51.7 Å². The van der Waals surface area contributed by atoms with Gasteiger partial charge in [-0.05, 0) is 54.6 Å². The Hall–Kier alpha value is -1.32. The lowest BCUT2D eigenvalue weighted by atomic mass is 10.1. The van der Waals surface area contributed by atoms with Gasteiger partial charge in [0, 0.05) is 30.7 Å². The van der Waals surface area contributed by atoms with Crippen LogP contribution in [0.1, 0.15) is 22.9 Å². The highest BCUT2D eigenvalue weighted by molar-refractivity contribution is 7.09. The second kappa shape index (κ2) is 7.46. The summed E-state index contributed by atoms with van der Waals surface area (Å²) >= 11 is 1.84. The van der Waals surface area contributed by atoms with Crippen LogP contribution in [0.25, 0.3) is 0 Å². The van der Waals surface area contributed by atoms with E-state index in [1.54, 1.807) is 0 Å². The smallest absolute Gasteiger partial charge is 0.0366 e. The van der Waals surface area contributed by atoms with E-state index in [4.69, 9.17) is 0 Å². The van der Waals surface area contributed by atoms with Gasteiger partial charge in [0.25, 0.3) is 0 Å². The van der Waals surface area contributed by atoms with Gasteiger partial charge < -0.3 is 10.2 Å². The van der Waals surface area contributed by atoms with Crippen LogP contribution in [0, 0.1) is 6.92 Å². The normalized spacial score (nSPS) is 10.8. The van der Waals surface area contributed by atoms with Crippen molar-refractivity contribution in [2.24, 2.45) is 0 Å². The molecule has 0 bridgehead atoms. The molecule has 2 nitrogen and oxygen atoms in total.